The topological polar surface area (TPSA) is 80.5 Å². The maximum absolute atomic E-state index is 12.0. The average Bonchev–Trinajstić information content (AvgIpc) is 3.11. The monoisotopic (exact) mass is 380 g/mol. The first-order valence-electron chi connectivity index (χ1n) is 9.43. The lowest BCUT2D eigenvalue weighted by atomic mass is 9.91. The second kappa shape index (κ2) is 7.69. The molecule has 1 saturated heterocycles. The van der Waals surface area contributed by atoms with Crippen molar-refractivity contribution in [2.45, 2.75) is 25.0 Å². The Morgan fingerprint density at radius 1 is 1.18 bits per heavy atom. The minimum absolute atomic E-state index is 0.0243. The Morgan fingerprint density at radius 2 is 1.93 bits per heavy atom. The van der Waals surface area contributed by atoms with Crippen LogP contribution >= 0.6 is 0 Å². The lowest BCUT2D eigenvalue weighted by Gasteiger charge is -2.38. The highest BCUT2D eigenvalue weighted by Gasteiger charge is 2.34. The highest BCUT2D eigenvalue weighted by Crippen LogP contribution is 2.27. The molecule has 0 saturated carbocycles. The van der Waals surface area contributed by atoms with Gasteiger partial charge in [-0.15, -0.1) is 0 Å². The predicted octanol–water partition coefficient (Wildman–Crippen LogP) is 2.10. The molecule has 4 heterocycles. The van der Waals surface area contributed by atoms with Gasteiger partial charge in [0.2, 0.25) is 5.91 Å². The molecular weight excluding hydrogens is 356 g/mol. The molecule has 1 aliphatic rings. The highest BCUT2D eigenvalue weighted by molar-refractivity contribution is 5.79. The molecular formula is C21H24N4O3. The van der Waals surface area contributed by atoms with Gasteiger partial charge < -0.3 is 19.3 Å². The van der Waals surface area contributed by atoms with Gasteiger partial charge in [-0.3, -0.25) is 9.78 Å². The second-order valence-corrected chi connectivity index (χ2v) is 7.32. The zero-order valence-electron chi connectivity index (χ0n) is 15.9. The Bertz CT molecular complexity index is 962. The first-order chi connectivity index (χ1) is 13.6. The minimum Gasteiger partial charge on any atom is -0.388 e. The van der Waals surface area contributed by atoms with Gasteiger partial charge in [0.05, 0.1) is 28.9 Å². The molecule has 1 N–H and O–H groups in total. The molecule has 146 valence electrons. The number of pyridine rings is 2. The van der Waals surface area contributed by atoms with Crippen molar-refractivity contribution in [1.82, 2.24) is 19.4 Å². The van der Waals surface area contributed by atoms with Gasteiger partial charge in [0, 0.05) is 44.4 Å². The van der Waals surface area contributed by atoms with E-state index in [4.69, 9.17) is 9.72 Å². The number of rotatable bonds is 5. The Labute approximate surface area is 163 Å². The molecule has 7 heteroatoms. The Hall–Kier alpha value is -2.77. The van der Waals surface area contributed by atoms with Crippen LogP contribution in [0.1, 0.15) is 12.8 Å². The first kappa shape index (κ1) is 18.6. The van der Waals surface area contributed by atoms with E-state index in [1.165, 1.54) is 7.11 Å². The standard InChI is InChI=1S/C21H24N4O3/c1-28-14-20(26)24-12-7-21(27,8-13-24)15-25-11-6-18-19(25)3-2-17(23-18)16-4-9-22-10-5-16/h2-6,9-11,27H,7-8,12-15H2,1H3. The fourth-order valence-electron chi connectivity index (χ4n) is 3.76. The van der Waals surface area contributed by atoms with Crippen molar-refractivity contribution in [2.75, 3.05) is 26.8 Å². The average molecular weight is 380 g/mol. The summed E-state index contributed by atoms with van der Waals surface area (Å²) >= 11 is 0. The summed E-state index contributed by atoms with van der Waals surface area (Å²) in [6, 6.07) is 9.88. The molecule has 1 fully saturated rings. The van der Waals surface area contributed by atoms with Crippen LogP contribution in [0.25, 0.3) is 22.3 Å². The number of likely N-dealkylation sites (tertiary alicyclic amines) is 1. The van der Waals surface area contributed by atoms with Crippen LogP contribution in [-0.4, -0.2) is 62.9 Å². The van der Waals surface area contributed by atoms with Crippen LogP contribution in [-0.2, 0) is 16.1 Å². The lowest BCUT2D eigenvalue weighted by molar-refractivity contribution is -0.139. The SMILES string of the molecule is COCC(=O)N1CCC(O)(Cn2ccc3nc(-c4ccncc4)ccc32)CC1. The number of hydrogen-bond acceptors (Lipinski definition) is 5. The van der Waals surface area contributed by atoms with Gasteiger partial charge >= 0.3 is 0 Å². The number of nitrogens with zero attached hydrogens (tertiary/aromatic N) is 4. The van der Waals surface area contributed by atoms with Gasteiger partial charge in [-0.05, 0) is 43.2 Å². The van der Waals surface area contributed by atoms with Gasteiger partial charge in [0.25, 0.3) is 0 Å². The zero-order chi connectivity index (χ0) is 19.6. The number of aliphatic hydroxyl groups is 1. The van der Waals surface area contributed by atoms with Crippen LogP contribution in [0.4, 0.5) is 0 Å². The van der Waals surface area contributed by atoms with Crippen molar-refractivity contribution in [1.29, 1.82) is 0 Å². The third kappa shape index (κ3) is 3.76. The largest absolute Gasteiger partial charge is 0.388 e. The molecule has 3 aromatic rings. The Kier molecular flexibility index (Phi) is 5.11. The summed E-state index contributed by atoms with van der Waals surface area (Å²) in [6.45, 7) is 1.66. The Balaban J connectivity index is 1.49. The summed E-state index contributed by atoms with van der Waals surface area (Å²) in [4.78, 5) is 22.5. The Morgan fingerprint density at radius 3 is 2.64 bits per heavy atom. The highest BCUT2D eigenvalue weighted by atomic mass is 16.5. The smallest absolute Gasteiger partial charge is 0.248 e. The summed E-state index contributed by atoms with van der Waals surface area (Å²) in [5, 5.41) is 11.0. The molecule has 1 aliphatic heterocycles. The molecule has 0 spiro atoms. The first-order valence-corrected chi connectivity index (χ1v) is 9.43. The quantitative estimate of drug-likeness (QED) is 0.733. The van der Waals surface area contributed by atoms with Crippen molar-refractivity contribution in [3.63, 3.8) is 0 Å². The van der Waals surface area contributed by atoms with Crippen molar-refractivity contribution in [3.05, 3.63) is 48.9 Å². The molecule has 0 aliphatic carbocycles. The molecule has 0 radical (unpaired) electrons. The van der Waals surface area contributed by atoms with Crippen LogP contribution < -0.4 is 0 Å². The summed E-state index contributed by atoms with van der Waals surface area (Å²) < 4.78 is 6.96. The van der Waals surface area contributed by atoms with E-state index < -0.39 is 5.60 Å². The number of carbonyl (C=O) groups excluding carboxylic acids is 1. The van der Waals surface area contributed by atoms with E-state index in [1.807, 2.05) is 41.1 Å². The van der Waals surface area contributed by atoms with Crippen LogP contribution in [0, 0.1) is 0 Å². The van der Waals surface area contributed by atoms with E-state index in [0.717, 1.165) is 22.3 Å². The maximum Gasteiger partial charge on any atom is 0.248 e. The molecule has 28 heavy (non-hydrogen) atoms. The van der Waals surface area contributed by atoms with Crippen LogP contribution in [0.15, 0.2) is 48.9 Å². The van der Waals surface area contributed by atoms with E-state index in [9.17, 15) is 9.90 Å². The van der Waals surface area contributed by atoms with Crippen LogP contribution in [0.5, 0.6) is 0 Å². The summed E-state index contributed by atoms with van der Waals surface area (Å²) in [7, 11) is 1.52. The fourth-order valence-corrected chi connectivity index (χ4v) is 3.76. The van der Waals surface area contributed by atoms with Crippen molar-refractivity contribution < 1.29 is 14.6 Å². The third-order valence-electron chi connectivity index (χ3n) is 5.38. The lowest BCUT2D eigenvalue weighted by Crippen LogP contribution is -2.49. The van der Waals surface area contributed by atoms with Gasteiger partial charge in [0.1, 0.15) is 6.61 Å². The minimum atomic E-state index is -0.834. The number of hydrogen-bond donors (Lipinski definition) is 1. The van der Waals surface area contributed by atoms with E-state index in [0.29, 0.717) is 32.5 Å². The van der Waals surface area contributed by atoms with Crippen molar-refractivity contribution in [3.8, 4) is 11.3 Å². The van der Waals surface area contributed by atoms with Crippen molar-refractivity contribution in [2.24, 2.45) is 0 Å². The maximum atomic E-state index is 12.0. The number of piperidine rings is 1. The molecule has 7 nitrogen and oxygen atoms in total. The zero-order valence-corrected chi connectivity index (χ0v) is 15.9. The number of aromatic nitrogens is 3. The number of fused-ring (bicyclic) bond motifs is 1. The number of carbonyl (C=O) groups is 1. The van der Waals surface area contributed by atoms with E-state index >= 15 is 0 Å². The fraction of sp³-hybridized carbons (Fsp3) is 0.381. The summed E-state index contributed by atoms with van der Waals surface area (Å²) in [5.41, 5.74) is 2.97. The van der Waals surface area contributed by atoms with Crippen LogP contribution in [0.3, 0.4) is 0 Å². The van der Waals surface area contributed by atoms with Gasteiger partial charge in [-0.25, -0.2) is 4.98 Å². The van der Waals surface area contributed by atoms with Gasteiger partial charge in [-0.1, -0.05) is 0 Å². The number of ether oxygens (including phenoxy) is 1. The summed E-state index contributed by atoms with van der Waals surface area (Å²) in [6.07, 6.45) is 6.57. The molecule has 0 unspecified atom stereocenters. The molecule has 4 rings (SSSR count). The van der Waals surface area contributed by atoms with Crippen LogP contribution in [0.2, 0.25) is 0 Å². The summed E-state index contributed by atoms with van der Waals surface area (Å²) in [5.74, 6) is -0.0243. The normalized spacial score (nSPS) is 16.4. The number of amides is 1. The van der Waals surface area contributed by atoms with E-state index in [2.05, 4.69) is 4.98 Å². The predicted molar refractivity (Wildman–Crippen MR) is 106 cm³/mol. The molecule has 0 aromatic carbocycles. The molecule has 1 amide bonds. The molecule has 0 bridgehead atoms. The van der Waals surface area contributed by atoms with E-state index in [1.54, 1.807) is 17.3 Å². The van der Waals surface area contributed by atoms with Crippen molar-refractivity contribution >= 4 is 16.9 Å². The third-order valence-corrected chi connectivity index (χ3v) is 5.38. The second-order valence-electron chi connectivity index (χ2n) is 7.32. The van der Waals surface area contributed by atoms with E-state index in [-0.39, 0.29) is 12.5 Å². The van der Waals surface area contributed by atoms with Gasteiger partial charge in [0.15, 0.2) is 0 Å². The molecule has 0 atom stereocenters. The van der Waals surface area contributed by atoms with Gasteiger partial charge in [-0.2, -0.15) is 0 Å². The molecule has 3 aromatic heterocycles. The number of methoxy groups -OCH3 is 1.